The second kappa shape index (κ2) is 25.7. The summed E-state index contributed by atoms with van der Waals surface area (Å²) in [6.07, 6.45) is -24.3. The highest BCUT2D eigenvalue weighted by Gasteiger charge is 2.49. The van der Waals surface area contributed by atoms with Crippen molar-refractivity contribution in [3.63, 3.8) is 0 Å². The molecule has 0 fully saturated rings. The van der Waals surface area contributed by atoms with Crippen molar-refractivity contribution in [2.75, 3.05) is 19.6 Å². The molecule has 0 aromatic heterocycles. The highest BCUT2D eigenvalue weighted by Crippen LogP contribution is 2.50. The Balaban J connectivity index is 2.54. The number of alkyl halides is 18. The lowest BCUT2D eigenvalue weighted by molar-refractivity contribution is -0.958. The minimum Gasteiger partial charge on any atom is -0.490 e. The molecular weight excluding hydrogens is 991 g/mol. The predicted octanol–water partition coefficient (Wildman–Crippen LogP) is 18.5. The molecule has 402 valence electrons. The zero-order valence-corrected chi connectivity index (χ0v) is 39.7. The third-order valence-corrected chi connectivity index (χ3v) is 12.0. The topological polar surface area (TPSA) is 27.7 Å². The van der Waals surface area contributed by atoms with Gasteiger partial charge in [-0.2, -0.15) is 79.0 Å². The van der Waals surface area contributed by atoms with Crippen LogP contribution >= 0.6 is 0 Å². The van der Waals surface area contributed by atoms with Gasteiger partial charge in [0.1, 0.15) is 23.3 Å². The Hall–Kier alpha value is -4.18. The van der Waals surface area contributed by atoms with E-state index in [1.807, 2.05) is 6.92 Å². The van der Waals surface area contributed by atoms with E-state index < -0.39 is 107 Å². The lowest BCUT2D eigenvalue weighted by Gasteiger charge is -2.47. The van der Waals surface area contributed by atoms with Gasteiger partial charge in [0.15, 0.2) is 0 Å². The maximum Gasteiger partial charge on any atom is 0.864 e. The summed E-state index contributed by atoms with van der Waals surface area (Å²) in [6.45, 7) is 7.94. The van der Waals surface area contributed by atoms with E-state index in [0.29, 0.717) is 51.4 Å². The van der Waals surface area contributed by atoms with Crippen molar-refractivity contribution in [3.05, 3.63) is 87.5 Å². The maximum absolute atomic E-state index is 15.7. The molecule has 0 saturated heterocycles. The lowest BCUT2D eigenvalue weighted by Crippen LogP contribution is -2.53. The number of nitrogens with zero attached hydrogens (tertiary/aromatic N) is 1. The number of hydrogen-bond acceptors (Lipinski definition) is 3. The van der Waals surface area contributed by atoms with Crippen LogP contribution in [0.15, 0.2) is 48.5 Å². The molecule has 0 saturated carbocycles. The van der Waals surface area contributed by atoms with Crippen molar-refractivity contribution in [1.29, 1.82) is 0 Å². The SMILES string of the molecule is CCCCCCCCCCCC(c1c(OB(Oc2cc(C(F)(F)F)cc(C(F)(F)F)c2)Oc2cc(C(F)(F)F)cc(C(F)(F)F)c2)cc(C(F)(F)F)cc1C(F)(F)F)[N+](CCCC)(CCCC)CCCC. The smallest absolute Gasteiger partial charge is 0.490 e. The van der Waals surface area contributed by atoms with Crippen LogP contribution in [-0.4, -0.2) is 31.4 Å². The molecule has 0 amide bonds. The fourth-order valence-corrected chi connectivity index (χ4v) is 8.42. The second-order valence-electron chi connectivity index (χ2n) is 17.6. The molecule has 71 heavy (non-hydrogen) atoms. The third kappa shape index (κ3) is 18.7. The van der Waals surface area contributed by atoms with E-state index in [4.69, 9.17) is 14.0 Å². The Morgan fingerprint density at radius 1 is 0.380 bits per heavy atom. The standard InChI is InChI=1S/C48H59BF18NO3/c1-5-9-13-14-15-16-17-18-19-20-40(68(21-10-6-2,22-11-7-3)23-12-8-4)42-39(48(65,66)67)30-36(47(62,63)64)31-41(42)71-49(69-37-26-32(43(50,51)52)24-33(27-37)44(53,54)55)70-38-28-34(45(56,57)58)25-35(29-38)46(59,60)61/h24-31,40H,5-23H2,1-4H3/q+1. The molecule has 1 unspecified atom stereocenters. The molecular formula is C48H59BF18NO3+. The summed E-state index contributed by atoms with van der Waals surface area (Å²) in [5.41, 5.74) is -13.2. The molecule has 0 heterocycles. The predicted molar refractivity (Wildman–Crippen MR) is 231 cm³/mol. The summed E-state index contributed by atoms with van der Waals surface area (Å²) in [4.78, 5) is 0. The maximum atomic E-state index is 15.7. The normalized spacial score (nSPS) is 13.7. The Morgan fingerprint density at radius 2 is 0.704 bits per heavy atom. The van der Waals surface area contributed by atoms with Crippen molar-refractivity contribution in [3.8, 4) is 17.2 Å². The molecule has 0 aliphatic heterocycles. The quantitative estimate of drug-likeness (QED) is 0.0330. The van der Waals surface area contributed by atoms with E-state index in [0.717, 1.165) is 38.5 Å². The van der Waals surface area contributed by atoms with Crippen molar-refractivity contribution < 1.29 is 97.5 Å². The van der Waals surface area contributed by atoms with Gasteiger partial charge < -0.3 is 18.4 Å². The van der Waals surface area contributed by atoms with Gasteiger partial charge in [-0.25, -0.2) is 0 Å². The number of hydrogen-bond donors (Lipinski definition) is 0. The number of halogens is 18. The summed E-state index contributed by atoms with van der Waals surface area (Å²) in [6, 6.07) is -2.79. The average molecular weight is 1050 g/mol. The van der Waals surface area contributed by atoms with Gasteiger partial charge in [-0.3, -0.25) is 0 Å². The molecule has 23 heteroatoms. The molecule has 3 aromatic rings. The van der Waals surface area contributed by atoms with E-state index in [2.05, 4.69) is 0 Å². The zero-order valence-electron chi connectivity index (χ0n) is 39.7. The van der Waals surface area contributed by atoms with E-state index in [1.165, 1.54) is 0 Å². The Morgan fingerprint density at radius 3 is 1.03 bits per heavy atom. The van der Waals surface area contributed by atoms with Crippen LogP contribution in [0.25, 0.3) is 0 Å². The van der Waals surface area contributed by atoms with Gasteiger partial charge in [-0.05, 0) is 74.2 Å². The van der Waals surface area contributed by atoms with Crippen LogP contribution in [0.2, 0.25) is 0 Å². The van der Waals surface area contributed by atoms with Crippen molar-refractivity contribution in [2.24, 2.45) is 0 Å². The monoisotopic (exact) mass is 1050 g/mol. The van der Waals surface area contributed by atoms with Crippen molar-refractivity contribution >= 4 is 7.32 Å². The summed E-state index contributed by atoms with van der Waals surface area (Å²) < 4.78 is 275. The van der Waals surface area contributed by atoms with E-state index in [9.17, 15) is 65.9 Å². The number of rotatable bonds is 27. The fraction of sp³-hybridized carbons (Fsp3) is 0.625. The van der Waals surface area contributed by atoms with Crippen LogP contribution in [0.1, 0.15) is 175 Å². The van der Waals surface area contributed by atoms with E-state index in [1.54, 1.807) is 20.8 Å². The minimum absolute atomic E-state index is 0.0578. The van der Waals surface area contributed by atoms with Gasteiger partial charge in [-0.1, -0.05) is 98.3 Å². The molecule has 1 atom stereocenters. The zero-order chi connectivity index (χ0) is 53.6. The molecule has 0 aliphatic rings. The van der Waals surface area contributed by atoms with Crippen molar-refractivity contribution in [2.45, 2.75) is 174 Å². The number of benzene rings is 3. The number of unbranched alkanes of at least 4 members (excludes halogenated alkanes) is 11. The van der Waals surface area contributed by atoms with Gasteiger partial charge in [0, 0.05) is 6.42 Å². The van der Waals surface area contributed by atoms with Crippen LogP contribution in [0.3, 0.4) is 0 Å². The molecule has 0 aliphatic carbocycles. The first-order valence-corrected chi connectivity index (χ1v) is 23.6. The Labute approximate surface area is 402 Å². The molecule has 0 spiro atoms. The molecule has 4 nitrogen and oxygen atoms in total. The van der Waals surface area contributed by atoms with Crippen molar-refractivity contribution in [1.82, 2.24) is 0 Å². The van der Waals surface area contributed by atoms with Gasteiger partial charge >= 0.3 is 44.4 Å². The van der Waals surface area contributed by atoms with Crippen LogP contribution in [0, 0.1) is 0 Å². The minimum atomic E-state index is -5.65. The van der Waals surface area contributed by atoms with E-state index in [-0.39, 0.29) is 85.5 Å². The van der Waals surface area contributed by atoms with Gasteiger partial charge in [0.2, 0.25) is 0 Å². The number of quaternary nitrogens is 1. The van der Waals surface area contributed by atoms with Crippen LogP contribution < -0.4 is 14.0 Å². The molecule has 0 N–H and O–H groups in total. The summed E-state index contributed by atoms with van der Waals surface area (Å²) in [5.74, 6) is -4.53. The first-order valence-electron chi connectivity index (χ1n) is 23.6. The first kappa shape index (κ1) is 61.1. The third-order valence-electron chi connectivity index (χ3n) is 12.0. The lowest BCUT2D eigenvalue weighted by atomic mass is 9.88. The van der Waals surface area contributed by atoms with Gasteiger partial charge in [0.25, 0.3) is 0 Å². The summed E-state index contributed by atoms with van der Waals surface area (Å²) >= 11 is 0. The highest BCUT2D eigenvalue weighted by molar-refractivity contribution is 6.39. The average Bonchev–Trinajstić information content (AvgIpc) is 3.25. The Kier molecular flexibility index (Phi) is 22.1. The Bertz CT molecular complexity index is 1930. The van der Waals surface area contributed by atoms with Crippen LogP contribution in [0.4, 0.5) is 79.0 Å². The molecule has 0 bridgehead atoms. The van der Waals surface area contributed by atoms with E-state index >= 15 is 13.2 Å². The summed E-state index contributed by atoms with van der Waals surface area (Å²) in [5, 5.41) is 0. The summed E-state index contributed by atoms with van der Waals surface area (Å²) in [7, 11) is -3.27. The molecule has 3 rings (SSSR count). The van der Waals surface area contributed by atoms with Gasteiger partial charge in [-0.15, -0.1) is 0 Å². The van der Waals surface area contributed by atoms with Gasteiger partial charge in [0.05, 0.1) is 58.6 Å². The molecule has 3 aromatic carbocycles. The first-order chi connectivity index (χ1) is 32.8. The fourth-order valence-electron chi connectivity index (χ4n) is 8.42. The highest BCUT2D eigenvalue weighted by atomic mass is 19.4. The largest absolute Gasteiger partial charge is 0.864 e. The van der Waals surface area contributed by atoms with Crippen LogP contribution in [0.5, 0.6) is 17.2 Å². The second-order valence-corrected chi connectivity index (χ2v) is 17.6. The molecule has 0 radical (unpaired) electrons. The van der Waals surface area contributed by atoms with Crippen LogP contribution in [-0.2, 0) is 37.1 Å².